The number of aliphatic hydroxyl groups excluding tert-OH is 1. The third-order valence-corrected chi connectivity index (χ3v) is 3.79. The second kappa shape index (κ2) is 6.53. The standard InChI is InChI=1S/C18H26N2O2/c1-12-6-5-7-15-17(12)13(10-19-15)8-16(22)20-14(11-21)9-18(2,3)4/h5-7,10,14,19,21H,8-9,11H2,1-4H3,(H,20,22). The molecule has 1 unspecified atom stereocenters. The zero-order chi connectivity index (χ0) is 16.3. The highest BCUT2D eigenvalue weighted by Gasteiger charge is 2.20. The highest BCUT2D eigenvalue weighted by Crippen LogP contribution is 2.23. The van der Waals surface area contributed by atoms with Gasteiger partial charge in [-0.1, -0.05) is 32.9 Å². The normalized spacial score (nSPS) is 13.3. The number of nitrogens with one attached hydrogen (secondary N) is 2. The number of hydrogen-bond donors (Lipinski definition) is 3. The average molecular weight is 302 g/mol. The number of rotatable bonds is 5. The van der Waals surface area contributed by atoms with Crippen LogP contribution in [0.1, 0.15) is 38.3 Å². The lowest BCUT2D eigenvalue weighted by Gasteiger charge is -2.25. The predicted molar refractivity (Wildman–Crippen MR) is 89.8 cm³/mol. The van der Waals surface area contributed by atoms with Gasteiger partial charge in [-0.25, -0.2) is 0 Å². The maximum Gasteiger partial charge on any atom is 0.224 e. The Labute approximate surface area is 131 Å². The lowest BCUT2D eigenvalue weighted by Crippen LogP contribution is -2.40. The first-order chi connectivity index (χ1) is 10.3. The average Bonchev–Trinajstić information content (AvgIpc) is 2.81. The van der Waals surface area contributed by atoms with Crippen LogP contribution in [0.3, 0.4) is 0 Å². The van der Waals surface area contributed by atoms with E-state index >= 15 is 0 Å². The molecule has 1 amide bonds. The zero-order valence-electron chi connectivity index (χ0n) is 13.9. The van der Waals surface area contributed by atoms with Crippen LogP contribution in [0.4, 0.5) is 0 Å². The molecule has 0 spiro atoms. The van der Waals surface area contributed by atoms with Crippen LogP contribution < -0.4 is 5.32 Å². The summed E-state index contributed by atoms with van der Waals surface area (Å²) in [6.07, 6.45) is 2.97. The van der Waals surface area contributed by atoms with Crippen molar-refractivity contribution in [3.63, 3.8) is 0 Å². The minimum absolute atomic E-state index is 0.0318. The summed E-state index contributed by atoms with van der Waals surface area (Å²) in [6, 6.07) is 5.87. The van der Waals surface area contributed by atoms with Crippen LogP contribution in [0.25, 0.3) is 10.9 Å². The summed E-state index contributed by atoms with van der Waals surface area (Å²) in [5, 5.41) is 13.5. The largest absolute Gasteiger partial charge is 0.394 e. The summed E-state index contributed by atoms with van der Waals surface area (Å²) in [6.45, 7) is 8.32. The highest BCUT2D eigenvalue weighted by molar-refractivity contribution is 5.91. The lowest BCUT2D eigenvalue weighted by molar-refractivity contribution is -0.121. The van der Waals surface area contributed by atoms with Crippen molar-refractivity contribution in [3.05, 3.63) is 35.5 Å². The van der Waals surface area contributed by atoms with Gasteiger partial charge < -0.3 is 15.4 Å². The second-order valence-electron chi connectivity index (χ2n) is 7.20. The highest BCUT2D eigenvalue weighted by atomic mass is 16.3. The first-order valence-electron chi connectivity index (χ1n) is 7.76. The molecule has 0 bridgehead atoms. The fraction of sp³-hybridized carbons (Fsp3) is 0.500. The van der Waals surface area contributed by atoms with E-state index in [-0.39, 0.29) is 24.0 Å². The SMILES string of the molecule is Cc1cccc2[nH]cc(CC(=O)NC(CO)CC(C)(C)C)c12. The smallest absolute Gasteiger partial charge is 0.224 e. The number of carbonyl (C=O) groups excluding carboxylic acids is 1. The Morgan fingerprint density at radius 3 is 2.73 bits per heavy atom. The fourth-order valence-corrected chi connectivity index (χ4v) is 2.94. The van der Waals surface area contributed by atoms with E-state index < -0.39 is 0 Å². The molecular weight excluding hydrogens is 276 g/mol. The third kappa shape index (κ3) is 4.10. The van der Waals surface area contributed by atoms with Gasteiger partial charge in [0.2, 0.25) is 5.91 Å². The van der Waals surface area contributed by atoms with Crippen molar-refractivity contribution in [1.82, 2.24) is 10.3 Å². The molecule has 0 saturated carbocycles. The molecule has 1 atom stereocenters. The number of benzene rings is 1. The number of aromatic amines is 1. The number of carbonyl (C=O) groups is 1. The minimum atomic E-state index is -0.196. The number of fused-ring (bicyclic) bond motifs is 1. The predicted octanol–water partition coefficient (Wildman–Crippen LogP) is 2.93. The van der Waals surface area contributed by atoms with Gasteiger partial charge in [0.15, 0.2) is 0 Å². The van der Waals surface area contributed by atoms with Gasteiger partial charge in [-0.3, -0.25) is 4.79 Å². The van der Waals surface area contributed by atoms with Crippen LogP contribution in [-0.4, -0.2) is 28.6 Å². The molecule has 2 rings (SSSR count). The minimum Gasteiger partial charge on any atom is -0.394 e. The molecule has 1 aromatic heterocycles. The number of aromatic nitrogens is 1. The monoisotopic (exact) mass is 302 g/mol. The molecule has 0 saturated heterocycles. The van der Waals surface area contributed by atoms with Crippen molar-refractivity contribution in [1.29, 1.82) is 0 Å². The van der Waals surface area contributed by atoms with Crippen molar-refractivity contribution < 1.29 is 9.90 Å². The number of aryl methyl sites for hydroxylation is 1. The molecule has 1 aromatic carbocycles. The molecule has 2 aromatic rings. The molecule has 120 valence electrons. The number of amides is 1. The summed E-state index contributed by atoms with van der Waals surface area (Å²) in [5.41, 5.74) is 3.28. The van der Waals surface area contributed by atoms with E-state index in [0.717, 1.165) is 28.5 Å². The Morgan fingerprint density at radius 2 is 2.09 bits per heavy atom. The van der Waals surface area contributed by atoms with Crippen LogP contribution in [0.15, 0.2) is 24.4 Å². The van der Waals surface area contributed by atoms with E-state index in [1.165, 1.54) is 0 Å². The van der Waals surface area contributed by atoms with Crippen LogP contribution in [0.2, 0.25) is 0 Å². The van der Waals surface area contributed by atoms with Gasteiger partial charge in [0.25, 0.3) is 0 Å². The number of hydrogen-bond acceptors (Lipinski definition) is 2. The van der Waals surface area contributed by atoms with E-state index in [1.54, 1.807) is 0 Å². The number of aliphatic hydroxyl groups is 1. The fourth-order valence-electron chi connectivity index (χ4n) is 2.94. The summed E-state index contributed by atoms with van der Waals surface area (Å²) >= 11 is 0. The lowest BCUT2D eigenvalue weighted by atomic mass is 9.88. The van der Waals surface area contributed by atoms with Crippen molar-refractivity contribution in [2.75, 3.05) is 6.61 Å². The summed E-state index contributed by atoms with van der Waals surface area (Å²) < 4.78 is 0. The van der Waals surface area contributed by atoms with Gasteiger partial charge in [-0.15, -0.1) is 0 Å². The van der Waals surface area contributed by atoms with E-state index in [0.29, 0.717) is 6.42 Å². The molecule has 0 radical (unpaired) electrons. The molecule has 0 aliphatic carbocycles. The Hall–Kier alpha value is -1.81. The van der Waals surface area contributed by atoms with E-state index in [1.807, 2.05) is 31.3 Å². The maximum atomic E-state index is 12.3. The molecule has 4 heteroatoms. The molecule has 0 fully saturated rings. The van der Waals surface area contributed by atoms with Crippen LogP contribution in [-0.2, 0) is 11.2 Å². The van der Waals surface area contributed by atoms with Gasteiger partial charge in [0, 0.05) is 17.1 Å². The molecule has 0 aliphatic rings. The Bertz CT molecular complexity index is 653. The molecule has 4 nitrogen and oxygen atoms in total. The zero-order valence-corrected chi connectivity index (χ0v) is 13.9. The Morgan fingerprint density at radius 1 is 1.36 bits per heavy atom. The molecule has 3 N–H and O–H groups in total. The molecular formula is C18H26N2O2. The second-order valence-corrected chi connectivity index (χ2v) is 7.20. The van der Waals surface area contributed by atoms with Gasteiger partial charge >= 0.3 is 0 Å². The Kier molecular flexibility index (Phi) is 4.91. The topological polar surface area (TPSA) is 65.1 Å². The molecule has 1 heterocycles. The van der Waals surface area contributed by atoms with Crippen LogP contribution in [0, 0.1) is 12.3 Å². The first-order valence-corrected chi connectivity index (χ1v) is 7.76. The van der Waals surface area contributed by atoms with Gasteiger partial charge in [-0.05, 0) is 36.0 Å². The summed E-state index contributed by atoms with van der Waals surface area (Å²) in [7, 11) is 0. The van der Waals surface area contributed by atoms with E-state index in [2.05, 4.69) is 31.1 Å². The van der Waals surface area contributed by atoms with Gasteiger partial charge in [0.05, 0.1) is 19.1 Å². The summed E-state index contributed by atoms with van der Waals surface area (Å²) in [5.74, 6) is -0.0487. The van der Waals surface area contributed by atoms with E-state index in [9.17, 15) is 9.90 Å². The third-order valence-electron chi connectivity index (χ3n) is 3.79. The quantitative estimate of drug-likeness (QED) is 0.795. The summed E-state index contributed by atoms with van der Waals surface area (Å²) in [4.78, 5) is 15.5. The van der Waals surface area contributed by atoms with Crippen LogP contribution >= 0.6 is 0 Å². The van der Waals surface area contributed by atoms with Gasteiger partial charge in [-0.2, -0.15) is 0 Å². The van der Waals surface area contributed by atoms with Crippen molar-refractivity contribution in [2.24, 2.45) is 5.41 Å². The van der Waals surface area contributed by atoms with Crippen molar-refractivity contribution >= 4 is 16.8 Å². The Balaban J connectivity index is 2.07. The van der Waals surface area contributed by atoms with Gasteiger partial charge in [0.1, 0.15) is 0 Å². The van der Waals surface area contributed by atoms with Crippen molar-refractivity contribution in [2.45, 2.75) is 46.6 Å². The van der Waals surface area contributed by atoms with Crippen molar-refractivity contribution in [3.8, 4) is 0 Å². The number of H-pyrrole nitrogens is 1. The maximum absolute atomic E-state index is 12.3. The van der Waals surface area contributed by atoms with E-state index in [4.69, 9.17) is 0 Å². The van der Waals surface area contributed by atoms with Crippen LogP contribution in [0.5, 0.6) is 0 Å². The molecule has 22 heavy (non-hydrogen) atoms. The first kappa shape index (κ1) is 16.6. The molecule has 0 aliphatic heterocycles.